The van der Waals surface area contributed by atoms with Gasteiger partial charge >= 0.3 is 0 Å². The zero-order valence-electron chi connectivity index (χ0n) is 66.8. The van der Waals surface area contributed by atoms with Crippen LogP contribution in [-0.4, -0.2) is 265 Å². The van der Waals surface area contributed by atoms with Gasteiger partial charge in [-0.05, 0) is 87.8 Å². The highest BCUT2D eigenvalue weighted by Gasteiger charge is 2.40. The van der Waals surface area contributed by atoms with Crippen LogP contribution in [0.5, 0.6) is 5.75 Å². The monoisotopic (exact) mass is 1660 g/mol. The van der Waals surface area contributed by atoms with Crippen molar-refractivity contribution in [3.8, 4) is 5.75 Å². The molecule has 1 saturated heterocycles. The van der Waals surface area contributed by atoms with Gasteiger partial charge in [0, 0.05) is 44.7 Å². The molecule has 46 nitrogen and oxygen atoms in total. The van der Waals surface area contributed by atoms with Gasteiger partial charge in [-0.2, -0.15) is 0 Å². The maximum absolute atomic E-state index is 14.4. The molecule has 46 heteroatoms. The second-order valence-electron chi connectivity index (χ2n) is 29.4. The van der Waals surface area contributed by atoms with Crippen LogP contribution in [0.15, 0.2) is 49.3 Å². The van der Waals surface area contributed by atoms with Crippen LogP contribution in [0.1, 0.15) is 124 Å². The first-order valence-electron chi connectivity index (χ1n) is 38.0. The van der Waals surface area contributed by atoms with Crippen molar-refractivity contribution >= 4 is 112 Å². The lowest BCUT2D eigenvalue weighted by Crippen LogP contribution is -2.59. The quantitative estimate of drug-likeness (QED) is 0.0142. The molecule has 0 aliphatic carbocycles. The summed E-state index contributed by atoms with van der Waals surface area (Å²) in [5.74, 6) is -18.2. The molecule has 0 spiro atoms. The molecule has 3 aromatic rings. The van der Waals surface area contributed by atoms with Crippen molar-refractivity contribution in [2.45, 2.75) is 205 Å². The van der Waals surface area contributed by atoms with Gasteiger partial charge in [0.2, 0.25) is 106 Å². The van der Waals surface area contributed by atoms with Gasteiger partial charge in [-0.15, -0.1) is 0 Å². The van der Waals surface area contributed by atoms with E-state index in [0.717, 1.165) is 0 Å². The van der Waals surface area contributed by atoms with E-state index in [0.29, 0.717) is 12.0 Å². The number of imidazole rings is 2. The molecule has 0 radical (unpaired) electrons. The van der Waals surface area contributed by atoms with Crippen LogP contribution in [-0.2, 0) is 106 Å². The number of H-pyrrole nitrogens is 2. The molecular formula is C72H112N26O20. The minimum absolute atomic E-state index is 0.00118. The van der Waals surface area contributed by atoms with E-state index in [1.165, 1.54) is 68.1 Å². The van der Waals surface area contributed by atoms with Gasteiger partial charge in [-0.25, -0.2) is 9.97 Å². The Morgan fingerprint density at radius 3 is 1.47 bits per heavy atom. The van der Waals surface area contributed by atoms with Gasteiger partial charge in [0.15, 0.2) is 5.96 Å². The number of primary amides is 3. The molecule has 2 aromatic heterocycles. The number of aliphatic hydroxyl groups excluding tert-OH is 1. The first-order valence-corrected chi connectivity index (χ1v) is 38.0. The van der Waals surface area contributed by atoms with Crippen molar-refractivity contribution in [3.63, 3.8) is 0 Å². The zero-order valence-corrected chi connectivity index (χ0v) is 66.8. The lowest BCUT2D eigenvalue weighted by Gasteiger charge is -2.28. The molecule has 0 saturated carbocycles. The normalized spacial score (nSPS) is 15.4. The predicted octanol–water partition coefficient (Wildman–Crippen LogP) is -9.85. The Bertz CT molecular complexity index is 3990. The Balaban J connectivity index is 1.40. The Kier molecular flexibility index (Phi) is 40.0. The summed E-state index contributed by atoms with van der Waals surface area (Å²) < 4.78 is 0. The number of phenols is 1. The number of benzene rings is 1. The first-order chi connectivity index (χ1) is 55.5. The van der Waals surface area contributed by atoms with Crippen LogP contribution in [0, 0.1) is 23.2 Å². The van der Waals surface area contributed by atoms with Crippen LogP contribution in [0.2, 0.25) is 0 Å². The lowest BCUT2D eigenvalue weighted by atomic mass is 9.99. The number of aromatic amines is 2. The molecule has 1 aromatic carbocycles. The summed E-state index contributed by atoms with van der Waals surface area (Å²) in [6, 6.07) is -12.9. The SMILES string of the molecule is CC(C)C[C@H](NC(=O)[C@H](CC(C)C)NC(=O)[C@H](Cc1ccc(O)cc1)NC(=O)CNC(=O)[C@H](C)NC(=O)[C@H](CO)NC(=O)[C@@H](N)CC(N)=O)C(=O)NCC(=O)N1CCC[C@H]1C(=O)N[C@@H](Cc1c[nH]cn1)C(=O)N[C@@H](C)C(=O)N[C@H](C(=O)NCC(=O)N[C@@H](CC(N)=O)C(=O)N[C@@H](Cc1c[nH]cn1)C(=O)N[C@@H](CCCNC(=N)N)C(N)=O)C(C)C. The van der Waals surface area contributed by atoms with Gasteiger partial charge in [0.25, 0.3) is 0 Å². The van der Waals surface area contributed by atoms with Crippen molar-refractivity contribution in [2.24, 2.45) is 46.4 Å². The molecule has 18 amide bonds. The molecule has 0 unspecified atom stereocenters. The minimum atomic E-state index is -1.73. The summed E-state index contributed by atoms with van der Waals surface area (Å²) in [5.41, 5.74) is 28.0. The number of aliphatic hydroxyl groups is 1. The summed E-state index contributed by atoms with van der Waals surface area (Å²) in [7, 11) is 0. The molecule has 1 aliphatic heterocycles. The number of nitrogens with zero attached hydrogens (tertiary/aromatic N) is 3. The fraction of sp³-hybridized carbons (Fsp3) is 0.569. The van der Waals surface area contributed by atoms with Crippen LogP contribution in [0.3, 0.4) is 0 Å². The molecule has 650 valence electrons. The summed E-state index contributed by atoms with van der Waals surface area (Å²) in [6.45, 7) is 9.59. The van der Waals surface area contributed by atoms with E-state index in [-0.39, 0.29) is 99.4 Å². The highest BCUT2D eigenvalue weighted by atomic mass is 16.3. The number of nitrogens with one attached hydrogen (secondary N) is 18. The molecule has 1 aliphatic rings. The van der Waals surface area contributed by atoms with Crippen LogP contribution < -0.4 is 108 Å². The van der Waals surface area contributed by atoms with E-state index in [4.69, 9.17) is 34.1 Å². The van der Waals surface area contributed by atoms with Gasteiger partial charge < -0.3 is 134 Å². The summed E-state index contributed by atoms with van der Waals surface area (Å²) in [6.07, 6.45) is 4.03. The third kappa shape index (κ3) is 34.3. The van der Waals surface area contributed by atoms with E-state index in [1.807, 2.05) is 0 Å². The fourth-order valence-corrected chi connectivity index (χ4v) is 11.9. The largest absolute Gasteiger partial charge is 0.508 e. The first kappa shape index (κ1) is 97.5. The fourth-order valence-electron chi connectivity index (χ4n) is 11.9. The number of nitrogens with two attached hydrogens (primary N) is 5. The Hall–Kier alpha value is -12.9. The number of amides is 18. The second-order valence-corrected chi connectivity index (χ2v) is 29.4. The number of carbonyl (C=O) groups excluding carboxylic acids is 18. The highest BCUT2D eigenvalue weighted by molar-refractivity contribution is 6.01. The summed E-state index contributed by atoms with van der Waals surface area (Å²) >= 11 is 0. The van der Waals surface area contributed by atoms with Crippen molar-refractivity contribution in [1.82, 2.24) is 105 Å². The van der Waals surface area contributed by atoms with E-state index >= 15 is 0 Å². The van der Waals surface area contributed by atoms with Gasteiger partial charge in [0.1, 0.15) is 78.3 Å². The van der Waals surface area contributed by atoms with Crippen molar-refractivity contribution in [2.75, 3.05) is 39.3 Å². The molecule has 30 N–H and O–H groups in total. The number of carbonyl (C=O) groups is 18. The second kappa shape index (κ2) is 48.5. The number of hydrogen-bond acceptors (Lipinski definition) is 24. The van der Waals surface area contributed by atoms with E-state index in [9.17, 15) is 96.5 Å². The molecule has 118 heavy (non-hydrogen) atoms. The molecule has 1 fully saturated rings. The van der Waals surface area contributed by atoms with E-state index < -0.39 is 230 Å². The molecule has 4 rings (SSSR count). The van der Waals surface area contributed by atoms with Crippen molar-refractivity contribution < 1.29 is 96.5 Å². The Labute approximate surface area is 678 Å². The number of phenolic OH excluding ortho intramolecular Hbond substituents is 1. The molecule has 13 atom stereocenters. The van der Waals surface area contributed by atoms with Crippen molar-refractivity contribution in [1.29, 1.82) is 5.41 Å². The summed E-state index contributed by atoms with van der Waals surface area (Å²) in [4.78, 5) is 256. The third-order valence-corrected chi connectivity index (χ3v) is 18.1. The lowest BCUT2D eigenvalue weighted by molar-refractivity contribution is -0.140. The number of guanidine groups is 1. The molecular weight excluding hydrogens is 1550 g/mol. The van der Waals surface area contributed by atoms with Crippen LogP contribution >= 0.6 is 0 Å². The number of likely N-dealkylation sites (tertiary alicyclic amines) is 1. The Morgan fingerprint density at radius 2 is 0.958 bits per heavy atom. The standard InChI is InChI=1S/C72H112N26O20/c1-34(2)19-45(92-65(112)46(20-35(3)4)93-66(113)47(21-39-13-15-42(100)16-14-39)89-55(103)28-82-60(107)37(7)87-69(116)51(31-99)96-62(109)43(73)24-53(74)101)63(110)84-30-57(105)98-18-10-12-52(98)70(117)95-48(22-40-26-79-32-85-40)64(111)88-38(8)61(108)97-58(36(5)6)71(118)83-29-56(104)90-50(25-54(75)102)68(115)94-49(23-41-27-80-33-86-41)67(114)91-44(59(76)106)11-9-17-81-72(77)78/h13-16,26-27,32-38,43-52,58,99-100H,9-12,17-25,28-31,73H2,1-8H3,(H2,74,101)(H2,75,102)(H2,76,106)(H,79,85)(H,80,86)(H,82,107)(H,83,118)(H,84,110)(H,87,116)(H,88,111)(H,89,103)(H,90,104)(H,91,114)(H,92,112)(H,93,113)(H,94,115)(H,95,117)(H,96,109)(H,97,108)(H4,77,78,81)/t37-,38-,43-,44-,45-,46-,47-,48-,49-,50-,51-,52-,58-/m0/s1. The molecule has 0 bridgehead atoms. The van der Waals surface area contributed by atoms with Crippen LogP contribution in [0.25, 0.3) is 0 Å². The number of aromatic hydroxyl groups is 1. The Morgan fingerprint density at radius 1 is 0.500 bits per heavy atom. The van der Waals surface area contributed by atoms with Gasteiger partial charge in [-0.1, -0.05) is 53.7 Å². The van der Waals surface area contributed by atoms with E-state index in [1.54, 1.807) is 41.5 Å². The number of rotatable bonds is 50. The zero-order chi connectivity index (χ0) is 88.2. The van der Waals surface area contributed by atoms with Crippen LogP contribution in [0.4, 0.5) is 0 Å². The minimum Gasteiger partial charge on any atom is -0.508 e. The highest BCUT2D eigenvalue weighted by Crippen LogP contribution is 2.20. The maximum atomic E-state index is 14.4. The predicted molar refractivity (Wildman–Crippen MR) is 418 cm³/mol. The average Bonchev–Trinajstić information content (AvgIpc) is 1.65. The maximum Gasteiger partial charge on any atom is 0.245 e. The number of hydrogen-bond donors (Lipinski definition) is 25. The van der Waals surface area contributed by atoms with Gasteiger partial charge in [-0.3, -0.25) is 91.7 Å². The third-order valence-electron chi connectivity index (χ3n) is 18.1. The van der Waals surface area contributed by atoms with Crippen molar-refractivity contribution in [3.05, 3.63) is 66.3 Å². The number of aromatic nitrogens is 4. The summed E-state index contributed by atoms with van der Waals surface area (Å²) in [5, 5.41) is 64.0. The van der Waals surface area contributed by atoms with Gasteiger partial charge in [0.05, 0.1) is 69.2 Å². The average molecular weight is 1660 g/mol. The molecule has 3 heterocycles. The van der Waals surface area contributed by atoms with E-state index in [2.05, 4.69) is 99.7 Å². The smallest absolute Gasteiger partial charge is 0.245 e. The topological polar surface area (TPSA) is 743 Å².